The lowest BCUT2D eigenvalue weighted by atomic mass is 9.90. The number of aryl methyl sites for hydroxylation is 1. The van der Waals surface area contributed by atoms with Gasteiger partial charge < -0.3 is 15.5 Å². The predicted octanol–water partition coefficient (Wildman–Crippen LogP) is 4.61. The number of hydrogen-bond acceptors (Lipinski definition) is 9. The molecule has 9 nitrogen and oxygen atoms in total. The zero-order valence-electron chi connectivity index (χ0n) is 19.0. The smallest absolute Gasteiger partial charge is 0.268 e. The molecule has 0 radical (unpaired) electrons. The van der Waals surface area contributed by atoms with Crippen molar-refractivity contribution in [2.45, 2.75) is 26.2 Å². The summed E-state index contributed by atoms with van der Waals surface area (Å²) < 4.78 is 20.4. The van der Waals surface area contributed by atoms with Crippen LogP contribution >= 0.6 is 0 Å². The van der Waals surface area contributed by atoms with E-state index in [1.54, 1.807) is 57.4 Å². The predicted molar refractivity (Wildman–Crippen MR) is 131 cm³/mol. The first-order valence-electron chi connectivity index (χ1n) is 10.6. The molecule has 1 aromatic carbocycles. The van der Waals surface area contributed by atoms with Gasteiger partial charge in [0.1, 0.15) is 11.5 Å². The number of halogens is 1. The summed E-state index contributed by atoms with van der Waals surface area (Å²) in [6.45, 7) is 6.33. The van der Waals surface area contributed by atoms with Crippen LogP contribution in [0.15, 0.2) is 47.1 Å². The molecule has 10 heteroatoms. The van der Waals surface area contributed by atoms with Crippen LogP contribution in [0.1, 0.15) is 29.5 Å². The lowest BCUT2D eigenvalue weighted by molar-refractivity contribution is 0.568. The molecule has 0 aliphatic heterocycles. The summed E-state index contributed by atoms with van der Waals surface area (Å²) in [4.78, 5) is 13.4. The maximum atomic E-state index is 14.6. The number of nitriles is 1. The van der Waals surface area contributed by atoms with E-state index in [0.29, 0.717) is 41.6 Å². The van der Waals surface area contributed by atoms with Crippen LogP contribution in [0.2, 0.25) is 0 Å². The van der Waals surface area contributed by atoms with Gasteiger partial charge >= 0.3 is 0 Å². The second-order valence-electron chi connectivity index (χ2n) is 8.18. The molecule has 4 aromatic rings. The Morgan fingerprint density at radius 3 is 2.71 bits per heavy atom. The van der Waals surface area contributed by atoms with Crippen molar-refractivity contribution >= 4 is 5.69 Å². The number of pyridine rings is 1. The van der Waals surface area contributed by atoms with E-state index < -0.39 is 11.2 Å². The zero-order chi connectivity index (χ0) is 24.3. The van der Waals surface area contributed by atoms with Crippen molar-refractivity contribution in [1.29, 1.82) is 5.26 Å². The molecule has 3 N–H and O–H groups in total. The van der Waals surface area contributed by atoms with Gasteiger partial charge in [0.15, 0.2) is 0 Å². The molecule has 178 valence electrons. The SMILES string of the molecule is Cc1ncc(-c2ccnc(C(C)(C)C#N)c2)nc1-c1nnc(-c2ccc(NCCN)cc2F)o1.[HH].[HH].[HH]. The van der Waals surface area contributed by atoms with E-state index in [4.69, 9.17) is 10.2 Å². The Morgan fingerprint density at radius 1 is 1.18 bits per heavy atom. The van der Waals surface area contributed by atoms with Gasteiger partial charge in [0.25, 0.3) is 11.8 Å². The Balaban J connectivity index is 0.00000228. The van der Waals surface area contributed by atoms with E-state index >= 15 is 0 Å². The first-order chi connectivity index (χ1) is 16.3. The topological polar surface area (TPSA) is 139 Å². The minimum Gasteiger partial charge on any atom is -0.414 e. The van der Waals surface area contributed by atoms with Crippen molar-refractivity contribution in [3.8, 4) is 40.4 Å². The normalized spacial score (nSPS) is 11.3. The van der Waals surface area contributed by atoms with Gasteiger partial charge in [-0.05, 0) is 51.1 Å². The molecule has 0 saturated carbocycles. The van der Waals surface area contributed by atoms with E-state index in [2.05, 4.69) is 36.5 Å². The number of nitrogens with one attached hydrogen (secondary N) is 1. The van der Waals surface area contributed by atoms with Gasteiger partial charge in [0.2, 0.25) is 0 Å². The fourth-order valence-corrected chi connectivity index (χ4v) is 3.22. The van der Waals surface area contributed by atoms with Crippen LogP contribution < -0.4 is 11.1 Å². The highest BCUT2D eigenvalue weighted by Crippen LogP contribution is 2.30. The van der Waals surface area contributed by atoms with Crippen molar-refractivity contribution in [2.75, 3.05) is 18.4 Å². The van der Waals surface area contributed by atoms with Gasteiger partial charge in [-0.15, -0.1) is 10.2 Å². The Hall–Kier alpha value is -4.23. The van der Waals surface area contributed by atoms with Gasteiger partial charge in [0.05, 0.1) is 40.3 Å². The monoisotopic (exact) mass is 464 g/mol. The fourth-order valence-electron chi connectivity index (χ4n) is 3.22. The van der Waals surface area contributed by atoms with Crippen LogP contribution in [0.5, 0.6) is 0 Å². The molecule has 0 aliphatic carbocycles. The highest BCUT2D eigenvalue weighted by atomic mass is 19.1. The molecule has 0 amide bonds. The van der Waals surface area contributed by atoms with Crippen molar-refractivity contribution < 1.29 is 13.1 Å². The van der Waals surface area contributed by atoms with Gasteiger partial charge in [-0.3, -0.25) is 9.97 Å². The second kappa shape index (κ2) is 9.33. The number of anilines is 1. The number of rotatable bonds is 7. The quantitative estimate of drug-likeness (QED) is 0.401. The summed E-state index contributed by atoms with van der Waals surface area (Å²) in [5.41, 5.74) is 8.38. The standard InChI is InChI=1S/C24H23FN8O.3H2/c1-14-21(31-19(12-30-14)15-6-8-29-20(10-15)24(2,3)13-27)23-33-32-22(34-23)17-5-4-16(11-18(17)25)28-9-7-26;;;/h4-6,8,10-12,28H,7,9,26H2,1-3H3;3*1H. The first-order valence-corrected chi connectivity index (χ1v) is 10.6. The third-order valence-corrected chi connectivity index (χ3v) is 5.23. The number of aromatic nitrogens is 5. The van der Waals surface area contributed by atoms with Gasteiger partial charge in [-0.1, -0.05) is 0 Å². The van der Waals surface area contributed by atoms with Crippen LogP contribution in [-0.2, 0) is 5.41 Å². The largest absolute Gasteiger partial charge is 0.414 e. The maximum Gasteiger partial charge on any atom is 0.268 e. The van der Waals surface area contributed by atoms with Crippen LogP contribution in [0.25, 0.3) is 34.3 Å². The van der Waals surface area contributed by atoms with Crippen molar-refractivity contribution in [3.05, 3.63) is 59.9 Å². The fraction of sp³-hybridized carbons (Fsp3) is 0.250. The lowest BCUT2D eigenvalue weighted by Gasteiger charge is -2.15. The van der Waals surface area contributed by atoms with Crippen LogP contribution in [0.3, 0.4) is 0 Å². The van der Waals surface area contributed by atoms with Crippen molar-refractivity contribution in [1.82, 2.24) is 25.1 Å². The molecule has 3 heterocycles. The highest BCUT2D eigenvalue weighted by molar-refractivity contribution is 5.64. The summed E-state index contributed by atoms with van der Waals surface area (Å²) in [5.74, 6) is -0.345. The molecule has 0 unspecified atom stereocenters. The molecule has 3 aromatic heterocycles. The molecular weight excluding hydrogens is 435 g/mol. The molecule has 0 spiro atoms. The number of nitrogens with two attached hydrogens (primary N) is 1. The summed E-state index contributed by atoms with van der Waals surface area (Å²) in [5, 5.41) is 20.5. The van der Waals surface area contributed by atoms with Crippen LogP contribution in [0, 0.1) is 24.1 Å². The van der Waals surface area contributed by atoms with E-state index in [-0.39, 0.29) is 21.6 Å². The van der Waals surface area contributed by atoms with Gasteiger partial charge in [-0.25, -0.2) is 9.37 Å². The Labute approximate surface area is 200 Å². The van der Waals surface area contributed by atoms with E-state index in [9.17, 15) is 9.65 Å². The molecular formula is C24H29FN8O. The minimum atomic E-state index is -0.752. The van der Waals surface area contributed by atoms with E-state index in [1.165, 1.54) is 6.07 Å². The molecule has 34 heavy (non-hydrogen) atoms. The minimum absolute atomic E-state index is 0. The Kier molecular flexibility index (Phi) is 6.30. The summed E-state index contributed by atoms with van der Waals surface area (Å²) in [6.07, 6.45) is 3.26. The summed E-state index contributed by atoms with van der Waals surface area (Å²) in [7, 11) is 0. The molecule has 0 saturated heterocycles. The van der Waals surface area contributed by atoms with E-state index in [1.807, 2.05) is 0 Å². The van der Waals surface area contributed by atoms with Gasteiger partial charge in [-0.2, -0.15) is 5.26 Å². The third kappa shape index (κ3) is 4.60. The van der Waals surface area contributed by atoms with Crippen LogP contribution in [0.4, 0.5) is 10.1 Å². The second-order valence-corrected chi connectivity index (χ2v) is 8.18. The Bertz CT molecular complexity index is 1390. The van der Waals surface area contributed by atoms with Crippen LogP contribution in [-0.4, -0.2) is 38.2 Å². The molecule has 0 fully saturated rings. The highest BCUT2D eigenvalue weighted by Gasteiger charge is 2.23. The molecule has 4 rings (SSSR count). The van der Waals surface area contributed by atoms with Crippen molar-refractivity contribution in [3.63, 3.8) is 0 Å². The van der Waals surface area contributed by atoms with Crippen molar-refractivity contribution in [2.24, 2.45) is 5.73 Å². The summed E-state index contributed by atoms with van der Waals surface area (Å²) >= 11 is 0. The van der Waals surface area contributed by atoms with E-state index in [0.717, 1.165) is 5.56 Å². The third-order valence-electron chi connectivity index (χ3n) is 5.23. The average Bonchev–Trinajstić information content (AvgIpc) is 3.33. The first kappa shape index (κ1) is 22.9. The Morgan fingerprint density at radius 2 is 1.97 bits per heavy atom. The zero-order valence-corrected chi connectivity index (χ0v) is 19.0. The average molecular weight is 465 g/mol. The number of hydrogen-bond donors (Lipinski definition) is 2. The lowest BCUT2D eigenvalue weighted by Crippen LogP contribution is -2.15. The molecule has 0 bridgehead atoms. The van der Waals surface area contributed by atoms with Gasteiger partial charge in [0, 0.05) is 34.8 Å². The summed E-state index contributed by atoms with van der Waals surface area (Å²) in [6, 6.07) is 10.5. The number of benzene rings is 1. The molecule has 0 aliphatic rings. The number of nitrogens with zero attached hydrogens (tertiary/aromatic N) is 6. The molecule has 0 atom stereocenters. The maximum absolute atomic E-state index is 14.6.